The molecule has 0 saturated heterocycles. The lowest BCUT2D eigenvalue weighted by atomic mass is 9.93. The van der Waals surface area contributed by atoms with Crippen LogP contribution in [0.2, 0.25) is 0 Å². The molecule has 0 fully saturated rings. The number of amidine groups is 2. The van der Waals surface area contributed by atoms with Crippen LogP contribution < -0.4 is 5.32 Å². The van der Waals surface area contributed by atoms with Crippen LogP contribution >= 0.6 is 0 Å². The Kier molecular flexibility index (Phi) is 9.57. The molecule has 74 heavy (non-hydrogen) atoms. The van der Waals surface area contributed by atoms with E-state index in [1.807, 2.05) is 0 Å². The maximum absolute atomic E-state index is 7.53. The van der Waals surface area contributed by atoms with Gasteiger partial charge < -0.3 is 14.3 Å². The number of nitrogens with zero attached hydrogens (tertiary/aromatic N) is 3. The van der Waals surface area contributed by atoms with Gasteiger partial charge in [-0.05, 0) is 96.7 Å². The highest BCUT2D eigenvalue weighted by atomic mass is 16.3. The van der Waals surface area contributed by atoms with Gasteiger partial charge >= 0.3 is 0 Å². The third-order valence-electron chi connectivity index (χ3n) is 15.0. The Morgan fingerprint density at radius 3 is 1.73 bits per heavy atom. The van der Waals surface area contributed by atoms with Crippen LogP contribution in [0.25, 0.3) is 115 Å². The largest absolute Gasteiger partial charge is 0.453 e. The highest BCUT2D eigenvalue weighted by molar-refractivity contribution is 6.24. The molecule has 14 aromatic rings. The van der Waals surface area contributed by atoms with Gasteiger partial charge in [0.05, 0.1) is 16.7 Å². The quantitative estimate of drug-likeness (QED) is 0.173. The Labute approximate surface area is 426 Å². The van der Waals surface area contributed by atoms with Gasteiger partial charge in [0.15, 0.2) is 17.6 Å². The van der Waals surface area contributed by atoms with Crippen molar-refractivity contribution in [1.29, 1.82) is 0 Å². The summed E-state index contributed by atoms with van der Waals surface area (Å²) in [6.07, 6.45) is -0.580. The predicted octanol–water partition coefficient (Wildman–Crippen LogP) is 17.6. The van der Waals surface area contributed by atoms with Crippen molar-refractivity contribution < 1.29 is 4.42 Å². The molecule has 3 heterocycles. The van der Waals surface area contributed by atoms with E-state index in [1.54, 1.807) is 0 Å². The zero-order valence-corrected chi connectivity index (χ0v) is 40.1. The van der Waals surface area contributed by atoms with Crippen molar-refractivity contribution in [2.75, 3.05) is 0 Å². The third-order valence-corrected chi connectivity index (χ3v) is 15.0. The van der Waals surface area contributed by atoms with Crippen LogP contribution in [0, 0.1) is 0 Å². The van der Waals surface area contributed by atoms with Crippen molar-refractivity contribution in [3.05, 3.63) is 271 Å². The lowest BCUT2D eigenvalue weighted by molar-refractivity contribution is 0.628. The molecule has 1 N–H and O–H groups in total. The number of rotatable bonds is 7. The fraction of sp³-hybridized carbons (Fsp3) is 0.0145. The monoisotopic (exact) mass is 944 g/mol. The molecular weight excluding hydrogens is 901 g/mol. The molecular formula is C69H44N4O. The zero-order chi connectivity index (χ0) is 48.7. The van der Waals surface area contributed by atoms with Gasteiger partial charge in [-0.15, -0.1) is 0 Å². The van der Waals surface area contributed by atoms with Gasteiger partial charge in [-0.1, -0.05) is 218 Å². The van der Waals surface area contributed by atoms with Gasteiger partial charge in [0, 0.05) is 43.6 Å². The molecule has 0 bridgehead atoms. The van der Waals surface area contributed by atoms with Gasteiger partial charge in [-0.3, -0.25) is 0 Å². The second-order valence-electron chi connectivity index (χ2n) is 19.3. The SMILES string of the molecule is c1ccc(-c2ccc(C3=NC(c4ccc(-c5ccccc5)cc4-c4ccccc4)=NC(c4cc5ccccc5c5c4oc4c(-n6c7cc8ccccc8cc7c7ccc8ccccc8c76)cccc45)N3)cc2)cc1. The third kappa shape index (κ3) is 6.78. The van der Waals surface area contributed by atoms with Crippen LogP contribution in [0.3, 0.4) is 0 Å². The Balaban J connectivity index is 0.980. The van der Waals surface area contributed by atoms with Crippen molar-refractivity contribution in [2.24, 2.45) is 9.98 Å². The summed E-state index contributed by atoms with van der Waals surface area (Å²) in [6, 6.07) is 91.1. The van der Waals surface area contributed by atoms with E-state index in [-0.39, 0.29) is 0 Å². The molecule has 5 heteroatoms. The van der Waals surface area contributed by atoms with Crippen LogP contribution in [0.1, 0.15) is 22.9 Å². The van der Waals surface area contributed by atoms with Crippen LogP contribution in [-0.4, -0.2) is 16.2 Å². The van der Waals surface area contributed by atoms with Gasteiger partial charge in [0.1, 0.15) is 11.4 Å². The fourth-order valence-electron chi connectivity index (χ4n) is 11.5. The van der Waals surface area contributed by atoms with E-state index < -0.39 is 6.17 Å². The highest BCUT2D eigenvalue weighted by Gasteiger charge is 2.29. The number of furan rings is 1. The summed E-state index contributed by atoms with van der Waals surface area (Å²) in [5.41, 5.74) is 14.4. The average Bonchev–Trinajstić information content (AvgIpc) is 4.04. The van der Waals surface area contributed by atoms with E-state index in [9.17, 15) is 0 Å². The molecule has 5 nitrogen and oxygen atoms in total. The summed E-state index contributed by atoms with van der Waals surface area (Å²) in [5, 5.41) is 15.4. The Bertz CT molecular complexity index is 4610. The Hall–Kier alpha value is -9.84. The standard InChI is InChI=1S/C69H44N4O/c1-4-17-43(18-5-1)45-31-33-48(34-32-45)67-70-68(56-38-36-51(44-19-6-2-7-20-44)39-58(56)46-21-8-3-9-22-46)72-69(71-67)60-41-52-26-13-14-27-53(52)63-57-29-16-30-61(65(57)74-66(60)63)73-62-42-50-25-11-10-24-49(50)40-59(62)55-37-35-47-23-12-15-28-54(47)64(55)73/h1-42,69H,(H,70,71,72). The topological polar surface area (TPSA) is 54.8 Å². The lowest BCUT2D eigenvalue weighted by Crippen LogP contribution is -2.33. The molecule has 346 valence electrons. The van der Waals surface area contributed by atoms with Gasteiger partial charge in [0.2, 0.25) is 0 Å². The van der Waals surface area contributed by atoms with Crippen molar-refractivity contribution in [1.82, 2.24) is 9.88 Å². The van der Waals surface area contributed by atoms with Crippen molar-refractivity contribution in [2.45, 2.75) is 6.17 Å². The minimum atomic E-state index is -0.580. The summed E-state index contributed by atoms with van der Waals surface area (Å²) >= 11 is 0. The predicted molar refractivity (Wildman–Crippen MR) is 309 cm³/mol. The number of aromatic nitrogens is 1. The van der Waals surface area contributed by atoms with Crippen LogP contribution in [-0.2, 0) is 0 Å². The molecule has 0 radical (unpaired) electrons. The van der Waals surface area contributed by atoms with Gasteiger partial charge in [0.25, 0.3) is 0 Å². The second kappa shape index (κ2) is 16.9. The first-order chi connectivity index (χ1) is 36.7. The molecule has 0 amide bonds. The van der Waals surface area contributed by atoms with Gasteiger partial charge in [-0.2, -0.15) is 0 Å². The number of aliphatic imine (C=N–C) groups is 2. The molecule has 1 aliphatic rings. The minimum Gasteiger partial charge on any atom is -0.453 e. The van der Waals surface area contributed by atoms with Gasteiger partial charge in [-0.25, -0.2) is 9.98 Å². The van der Waals surface area contributed by atoms with Crippen molar-refractivity contribution >= 4 is 87.7 Å². The Morgan fingerprint density at radius 2 is 0.973 bits per heavy atom. The molecule has 0 spiro atoms. The van der Waals surface area contributed by atoms with E-state index in [4.69, 9.17) is 14.4 Å². The molecule has 0 saturated carbocycles. The van der Waals surface area contributed by atoms with E-state index >= 15 is 0 Å². The maximum Gasteiger partial charge on any atom is 0.160 e. The number of benzene rings is 12. The van der Waals surface area contributed by atoms with E-state index in [1.165, 1.54) is 32.3 Å². The zero-order valence-electron chi connectivity index (χ0n) is 40.1. The summed E-state index contributed by atoms with van der Waals surface area (Å²) in [4.78, 5) is 11.1. The Morgan fingerprint density at radius 1 is 0.378 bits per heavy atom. The summed E-state index contributed by atoms with van der Waals surface area (Å²) in [6.45, 7) is 0. The summed E-state index contributed by atoms with van der Waals surface area (Å²) in [5.74, 6) is 1.37. The maximum atomic E-state index is 7.53. The smallest absolute Gasteiger partial charge is 0.160 e. The molecule has 1 atom stereocenters. The summed E-state index contributed by atoms with van der Waals surface area (Å²) < 4.78 is 9.97. The van der Waals surface area contributed by atoms with Crippen LogP contribution in [0.4, 0.5) is 0 Å². The molecule has 12 aromatic carbocycles. The second-order valence-corrected chi connectivity index (χ2v) is 19.3. The van der Waals surface area contributed by atoms with E-state index in [0.717, 1.165) is 105 Å². The first-order valence-electron chi connectivity index (χ1n) is 25.2. The van der Waals surface area contributed by atoms with E-state index in [2.05, 4.69) is 265 Å². The van der Waals surface area contributed by atoms with Crippen LogP contribution in [0.15, 0.2) is 269 Å². The fourth-order valence-corrected chi connectivity index (χ4v) is 11.5. The molecule has 0 aliphatic carbocycles. The average molecular weight is 945 g/mol. The number of fused-ring (bicyclic) bond motifs is 11. The van der Waals surface area contributed by atoms with Crippen molar-refractivity contribution in [3.63, 3.8) is 0 Å². The molecule has 15 rings (SSSR count). The van der Waals surface area contributed by atoms with Crippen LogP contribution in [0.5, 0.6) is 0 Å². The molecule has 2 aromatic heterocycles. The first kappa shape index (κ1) is 41.9. The normalized spacial score (nSPS) is 13.8. The van der Waals surface area contributed by atoms with Crippen molar-refractivity contribution in [3.8, 4) is 39.1 Å². The lowest BCUT2D eigenvalue weighted by Gasteiger charge is -2.25. The number of hydrogen-bond acceptors (Lipinski definition) is 4. The molecule has 1 unspecified atom stereocenters. The molecule has 1 aliphatic heterocycles. The first-order valence-corrected chi connectivity index (χ1v) is 25.2. The summed E-state index contributed by atoms with van der Waals surface area (Å²) in [7, 11) is 0. The van der Waals surface area contributed by atoms with E-state index in [0.29, 0.717) is 5.84 Å². The minimum absolute atomic E-state index is 0.580. The number of nitrogens with one attached hydrogen (secondary N) is 1. The number of para-hydroxylation sites is 1. The highest BCUT2D eigenvalue weighted by Crippen LogP contribution is 2.45. The number of hydrogen-bond donors (Lipinski definition) is 1.